The molecule has 0 N–H and O–H groups in total. The van der Waals surface area contributed by atoms with Crippen LogP contribution in [0.1, 0.15) is 102 Å². The molecule has 2 aliphatic heterocycles. The van der Waals surface area contributed by atoms with Gasteiger partial charge in [-0.15, -0.1) is 0 Å². The molecule has 0 saturated heterocycles. The van der Waals surface area contributed by atoms with Gasteiger partial charge in [-0.2, -0.15) is 0 Å². The van der Waals surface area contributed by atoms with E-state index >= 15 is 0 Å². The van der Waals surface area contributed by atoms with Crippen molar-refractivity contribution >= 4 is 114 Å². The molecule has 5 aliphatic rings. The summed E-state index contributed by atoms with van der Waals surface area (Å²) in [5.74, 6) is 2.36. The van der Waals surface area contributed by atoms with E-state index in [1.54, 1.807) is 0 Å². The van der Waals surface area contributed by atoms with Gasteiger partial charge in [-0.3, -0.25) is 0 Å². The van der Waals surface area contributed by atoms with Crippen molar-refractivity contribution in [2.45, 2.75) is 113 Å². The minimum absolute atomic E-state index is 0.567. The van der Waals surface area contributed by atoms with Gasteiger partial charge in [0.1, 0.15) is 0 Å². The van der Waals surface area contributed by atoms with Crippen molar-refractivity contribution in [2.75, 3.05) is 0 Å². The second-order valence-electron chi connectivity index (χ2n) is 23.0. The number of fused-ring (bicyclic) bond motifs is 12. The van der Waals surface area contributed by atoms with Crippen LogP contribution in [0.2, 0.25) is 0 Å². The number of alkyl halides is 6. The third-order valence-electron chi connectivity index (χ3n) is 17.9. The second-order valence-corrected chi connectivity index (χ2v) is 40.9. The fourth-order valence-corrected chi connectivity index (χ4v) is 42.9. The van der Waals surface area contributed by atoms with Crippen LogP contribution in [0.25, 0.3) is 22.3 Å². The van der Waals surface area contributed by atoms with Crippen LogP contribution in [0.3, 0.4) is 0 Å². The second kappa shape index (κ2) is 21.4. The third-order valence-corrected chi connectivity index (χ3v) is 40.7. The van der Waals surface area contributed by atoms with Gasteiger partial charge in [-0.05, 0) is 0 Å². The van der Waals surface area contributed by atoms with E-state index in [0.29, 0.717) is 12.8 Å². The Balaban J connectivity index is 0.000000793. The van der Waals surface area contributed by atoms with E-state index in [1.165, 1.54) is 152 Å². The average Bonchev–Trinajstić information content (AvgIpc) is 4.21. The predicted octanol–water partition coefficient (Wildman–Crippen LogP) is 17.6. The molecular weight excluding hydrogens is 1230 g/mol. The van der Waals surface area contributed by atoms with Crippen LogP contribution in [-0.4, -0.2) is 35.8 Å². The molecule has 0 aromatic heterocycles. The molecule has 0 atom stereocenters. The van der Waals surface area contributed by atoms with Gasteiger partial charge in [0.25, 0.3) is 0 Å². The Morgan fingerprint density at radius 2 is 0.512 bits per heavy atom. The number of hydrogen-bond acceptors (Lipinski definition) is 2. The summed E-state index contributed by atoms with van der Waals surface area (Å²) in [5.41, 5.74) is 29.6. The van der Waals surface area contributed by atoms with Crippen LogP contribution in [0.15, 0.2) is 168 Å². The van der Waals surface area contributed by atoms with Crippen LogP contribution < -0.4 is 17.6 Å². The summed E-state index contributed by atoms with van der Waals surface area (Å²) in [6.45, 7) is 28.1. The summed E-state index contributed by atoms with van der Waals surface area (Å²) in [4.78, 5) is 0. The van der Waals surface area contributed by atoms with Crippen molar-refractivity contribution in [2.24, 2.45) is 0 Å². The van der Waals surface area contributed by atoms with Crippen LogP contribution in [0.4, 0.5) is 0 Å². The summed E-state index contributed by atoms with van der Waals surface area (Å²) < 4.78 is 20.9. The molecule has 0 saturated carbocycles. The van der Waals surface area contributed by atoms with E-state index in [2.05, 4.69) is 229 Å². The molecule has 0 amide bonds. The third kappa shape index (κ3) is 8.36. The number of hydrogen-bond donors (Lipinski definition) is 0. The molecule has 0 unspecified atom stereocenters. The molecule has 2 heterocycles. The number of allylic oxidation sites excluding steroid dienone is 2. The molecule has 0 fully saturated rings. The monoisotopic (exact) mass is 1300 g/mol. The Hall–Kier alpha value is -4.33. The maximum absolute atomic E-state index is 8.87. The standard InChI is InChI=1S/C68H64Ge2O2.2CHCl3/c1-39-29-43(5)63(44(6)30-39)69(64-45(7)31-40(2)32-46(64)8)67(55-25-17-13-21-51(55)52-22-14-18-26-56(52)67)59-37-62-60(38-61(59)71-69)68(57-27-19-15-23-53(57)54-24-16-20-28-58(54)68)70(72-62,65-47(9)33-41(3)34-48(65)10)66-49(11)35-42(4)36-50(66)12;2*2-1(3)4/h13-36H,37-38H2,1-12H3;2*1H. The molecule has 80 heavy (non-hydrogen) atoms. The SMILES string of the molecule is Cc1cc(C)[c]([Ge]2([c]3c(C)cc(C)cc3C)[O]C3=C(CC4=C(C3)[C]3(c5ccccc5-c5ccccc53)[Ge]([c]3c(C)cc(C)cc3C)([c]3c(C)cc(C)cc3C)[O]4)[C]23c2ccccc2-c2ccccc23)c(C)c1.ClC(Cl)Cl.ClC(Cl)Cl. The van der Waals surface area contributed by atoms with Gasteiger partial charge in [0, 0.05) is 0 Å². The fourth-order valence-electron chi connectivity index (χ4n) is 16.6. The van der Waals surface area contributed by atoms with Crippen molar-refractivity contribution in [3.8, 4) is 22.3 Å². The molecule has 0 radical (unpaired) electrons. The van der Waals surface area contributed by atoms with Crippen molar-refractivity contribution in [1.82, 2.24) is 0 Å². The Kier molecular flexibility index (Phi) is 15.4. The van der Waals surface area contributed by atoms with E-state index in [0.717, 1.165) is 0 Å². The smallest absolute Gasteiger partial charge is 0.0874 e. The molecule has 0 bridgehead atoms. The number of benzene rings is 8. The van der Waals surface area contributed by atoms with Crippen molar-refractivity contribution in [3.05, 3.63) is 257 Å². The molecule has 10 heteroatoms. The maximum atomic E-state index is 8.87. The van der Waals surface area contributed by atoms with Gasteiger partial charge in [0.2, 0.25) is 0 Å². The van der Waals surface area contributed by atoms with Crippen molar-refractivity contribution in [3.63, 3.8) is 0 Å². The number of rotatable bonds is 4. The Morgan fingerprint density at radius 3 is 0.713 bits per heavy atom. The zero-order chi connectivity index (χ0) is 57.1. The molecule has 2 nitrogen and oxygen atoms in total. The molecule has 2 spiro atoms. The Morgan fingerprint density at radius 1 is 0.325 bits per heavy atom. The summed E-state index contributed by atoms with van der Waals surface area (Å²) >= 11 is 19.9. The van der Waals surface area contributed by atoms with Gasteiger partial charge in [0.15, 0.2) is 8.59 Å². The topological polar surface area (TPSA) is 18.5 Å². The summed E-state index contributed by atoms with van der Waals surface area (Å²) in [6, 6.07) is 57.3. The zero-order valence-electron chi connectivity index (χ0n) is 47.5. The number of halogens is 6. The normalized spacial score (nSPS) is 16.8. The zero-order valence-corrected chi connectivity index (χ0v) is 56.2. The molecule has 8 aromatic carbocycles. The minimum Gasteiger partial charge on any atom is -0.0874 e. The van der Waals surface area contributed by atoms with E-state index in [1.807, 2.05) is 0 Å². The fraction of sp³-hybridized carbons (Fsp3) is 0.257. The van der Waals surface area contributed by atoms with Gasteiger partial charge >= 0.3 is 436 Å². The Bertz CT molecular complexity index is 3390. The molecule has 8 aromatic rings. The van der Waals surface area contributed by atoms with Gasteiger partial charge < -0.3 is 0 Å². The molecular formula is C70H66Cl6Ge2O2. The summed E-state index contributed by atoms with van der Waals surface area (Å²) in [6.07, 6.45) is 1.36. The van der Waals surface area contributed by atoms with Crippen LogP contribution >= 0.6 is 69.6 Å². The predicted molar refractivity (Wildman–Crippen MR) is 346 cm³/mol. The quantitative estimate of drug-likeness (QED) is 0.129. The average molecular weight is 1300 g/mol. The minimum atomic E-state index is -4.45. The van der Waals surface area contributed by atoms with Crippen LogP contribution in [0, 0.1) is 83.1 Å². The van der Waals surface area contributed by atoms with Gasteiger partial charge in [-0.1, -0.05) is 69.6 Å². The summed E-state index contributed by atoms with van der Waals surface area (Å²) in [7, 11) is 0. The first kappa shape index (κ1) is 57.5. The van der Waals surface area contributed by atoms with Crippen molar-refractivity contribution in [1.29, 1.82) is 0 Å². The van der Waals surface area contributed by atoms with Gasteiger partial charge in [-0.25, -0.2) is 0 Å². The van der Waals surface area contributed by atoms with E-state index < -0.39 is 44.3 Å². The van der Waals surface area contributed by atoms with E-state index in [4.69, 9.17) is 77.1 Å². The molecule has 13 rings (SSSR count). The molecule has 408 valence electrons. The van der Waals surface area contributed by atoms with Gasteiger partial charge in [0.05, 0.1) is 0 Å². The van der Waals surface area contributed by atoms with Crippen LogP contribution in [0.5, 0.6) is 0 Å². The maximum Gasteiger partial charge on any atom is 0.180 e. The first-order valence-electron chi connectivity index (χ1n) is 27.5. The van der Waals surface area contributed by atoms with Crippen molar-refractivity contribution < 1.29 is 7.53 Å². The van der Waals surface area contributed by atoms with Crippen LogP contribution in [-0.2, 0) is 16.0 Å². The molecule has 3 aliphatic carbocycles. The number of aryl methyl sites for hydroxylation is 12. The Labute approximate surface area is 509 Å². The first-order valence-corrected chi connectivity index (χ1v) is 38.1. The summed E-state index contributed by atoms with van der Waals surface area (Å²) in [5, 5.41) is 0. The first-order chi connectivity index (χ1) is 38.1. The largest absolute Gasteiger partial charge is 0.180 e. The van der Waals surface area contributed by atoms with E-state index in [-0.39, 0.29) is 0 Å². The van der Waals surface area contributed by atoms with E-state index in [9.17, 15) is 0 Å².